The van der Waals surface area contributed by atoms with Crippen molar-refractivity contribution in [2.75, 3.05) is 32.7 Å². The molecule has 140 valence electrons. The second kappa shape index (κ2) is 8.66. The Balaban J connectivity index is 1.49. The number of nitrogens with one attached hydrogen (secondary N) is 2. The number of amides is 1. The van der Waals surface area contributed by atoms with E-state index < -0.39 is 0 Å². The van der Waals surface area contributed by atoms with Crippen molar-refractivity contribution in [3.05, 3.63) is 40.7 Å². The summed E-state index contributed by atoms with van der Waals surface area (Å²) in [5, 5.41) is 6.85. The summed E-state index contributed by atoms with van der Waals surface area (Å²) in [6.45, 7) is 8.60. The van der Waals surface area contributed by atoms with Crippen molar-refractivity contribution in [1.29, 1.82) is 0 Å². The smallest absolute Gasteiger partial charge is 0.226 e. The standard InChI is InChI=1S/C19H25ClN4O2/c1-3-21-8-9-22-18(25)15-10-24(11-15)12-17-13(2)26-19(23-17)14-4-6-16(20)7-5-14/h4-7,15,21H,3,8-12H2,1-2H3,(H,22,25). The molecule has 1 amide bonds. The third-order valence-electron chi connectivity index (χ3n) is 4.54. The summed E-state index contributed by atoms with van der Waals surface area (Å²) >= 11 is 5.92. The minimum Gasteiger partial charge on any atom is -0.441 e. The van der Waals surface area contributed by atoms with Gasteiger partial charge in [-0.2, -0.15) is 0 Å². The molecule has 2 aromatic rings. The number of nitrogens with zero attached hydrogens (tertiary/aromatic N) is 2. The fourth-order valence-electron chi connectivity index (χ4n) is 2.96. The maximum Gasteiger partial charge on any atom is 0.226 e. The van der Waals surface area contributed by atoms with Crippen LogP contribution in [-0.2, 0) is 11.3 Å². The second-order valence-electron chi connectivity index (χ2n) is 6.56. The molecule has 2 N–H and O–H groups in total. The monoisotopic (exact) mass is 376 g/mol. The van der Waals surface area contributed by atoms with E-state index >= 15 is 0 Å². The molecule has 1 aromatic carbocycles. The Bertz CT molecular complexity index is 738. The number of rotatable bonds is 8. The van der Waals surface area contributed by atoms with Crippen LogP contribution in [0.3, 0.4) is 0 Å². The van der Waals surface area contributed by atoms with Crippen molar-refractivity contribution in [2.24, 2.45) is 5.92 Å². The third kappa shape index (κ3) is 4.63. The first-order valence-corrected chi connectivity index (χ1v) is 9.37. The minimum absolute atomic E-state index is 0.0690. The molecule has 1 aromatic heterocycles. The van der Waals surface area contributed by atoms with E-state index in [0.717, 1.165) is 43.2 Å². The van der Waals surface area contributed by atoms with Crippen LogP contribution >= 0.6 is 11.6 Å². The fraction of sp³-hybridized carbons (Fsp3) is 0.474. The highest BCUT2D eigenvalue weighted by atomic mass is 35.5. The van der Waals surface area contributed by atoms with Crippen LogP contribution in [0.4, 0.5) is 0 Å². The van der Waals surface area contributed by atoms with Gasteiger partial charge in [-0.3, -0.25) is 9.69 Å². The van der Waals surface area contributed by atoms with Crippen LogP contribution in [0.2, 0.25) is 5.02 Å². The van der Waals surface area contributed by atoms with Crippen molar-refractivity contribution in [3.63, 3.8) is 0 Å². The third-order valence-corrected chi connectivity index (χ3v) is 4.79. The number of halogens is 1. The summed E-state index contributed by atoms with van der Waals surface area (Å²) in [7, 11) is 0. The van der Waals surface area contributed by atoms with Crippen molar-refractivity contribution >= 4 is 17.5 Å². The fourth-order valence-corrected chi connectivity index (χ4v) is 3.09. The van der Waals surface area contributed by atoms with Crippen LogP contribution in [-0.4, -0.2) is 48.5 Å². The Morgan fingerprint density at radius 3 is 2.73 bits per heavy atom. The summed E-state index contributed by atoms with van der Waals surface area (Å²) in [6, 6.07) is 7.44. The van der Waals surface area contributed by atoms with Gasteiger partial charge in [-0.25, -0.2) is 4.98 Å². The molecule has 0 saturated carbocycles. The van der Waals surface area contributed by atoms with Crippen LogP contribution in [0.5, 0.6) is 0 Å². The zero-order chi connectivity index (χ0) is 18.5. The molecule has 2 heterocycles. The van der Waals surface area contributed by atoms with E-state index in [1.807, 2.05) is 31.2 Å². The van der Waals surface area contributed by atoms with Gasteiger partial charge in [0.1, 0.15) is 5.76 Å². The van der Waals surface area contributed by atoms with Gasteiger partial charge in [-0.1, -0.05) is 18.5 Å². The van der Waals surface area contributed by atoms with Gasteiger partial charge in [0.2, 0.25) is 11.8 Å². The summed E-state index contributed by atoms with van der Waals surface area (Å²) in [5.41, 5.74) is 1.83. The first-order chi connectivity index (χ1) is 12.6. The molecule has 0 bridgehead atoms. The number of oxazole rings is 1. The molecule has 26 heavy (non-hydrogen) atoms. The average Bonchev–Trinajstić information content (AvgIpc) is 2.95. The molecule has 0 aliphatic carbocycles. The van der Waals surface area contributed by atoms with Crippen molar-refractivity contribution in [2.45, 2.75) is 20.4 Å². The van der Waals surface area contributed by atoms with Crippen molar-refractivity contribution in [1.82, 2.24) is 20.5 Å². The highest BCUT2D eigenvalue weighted by molar-refractivity contribution is 6.30. The minimum atomic E-state index is 0.0690. The van der Waals surface area contributed by atoms with E-state index in [0.29, 0.717) is 24.0 Å². The summed E-state index contributed by atoms with van der Waals surface area (Å²) in [5.74, 6) is 1.62. The predicted molar refractivity (Wildman–Crippen MR) is 102 cm³/mol. The number of likely N-dealkylation sites (N-methyl/N-ethyl adjacent to an activating group) is 1. The van der Waals surface area contributed by atoms with E-state index in [1.165, 1.54) is 0 Å². The molecule has 0 atom stereocenters. The predicted octanol–water partition coefficient (Wildman–Crippen LogP) is 2.46. The van der Waals surface area contributed by atoms with Crippen molar-refractivity contribution < 1.29 is 9.21 Å². The van der Waals surface area contributed by atoms with E-state index in [1.54, 1.807) is 0 Å². The molecule has 3 rings (SSSR count). The Morgan fingerprint density at radius 1 is 1.31 bits per heavy atom. The first kappa shape index (κ1) is 18.9. The molecule has 1 aliphatic heterocycles. The molecule has 1 fully saturated rings. The van der Waals surface area contributed by atoms with Crippen LogP contribution in [0, 0.1) is 12.8 Å². The number of likely N-dealkylation sites (tertiary alicyclic amines) is 1. The van der Waals surface area contributed by atoms with Gasteiger partial charge in [-0.05, 0) is 37.7 Å². The number of aryl methyl sites for hydroxylation is 1. The second-order valence-corrected chi connectivity index (χ2v) is 7.00. The Kier molecular flexibility index (Phi) is 6.29. The number of aromatic nitrogens is 1. The number of carbonyl (C=O) groups excluding carboxylic acids is 1. The molecular formula is C19H25ClN4O2. The Labute approximate surface area is 158 Å². The maximum absolute atomic E-state index is 12.1. The number of hydrogen-bond donors (Lipinski definition) is 2. The van der Waals surface area contributed by atoms with Crippen LogP contribution in [0.25, 0.3) is 11.5 Å². The van der Waals surface area contributed by atoms with Gasteiger partial charge in [0.15, 0.2) is 0 Å². The molecule has 0 unspecified atom stereocenters. The largest absolute Gasteiger partial charge is 0.441 e. The van der Waals surface area contributed by atoms with Crippen molar-refractivity contribution in [3.8, 4) is 11.5 Å². The van der Waals surface area contributed by atoms with Gasteiger partial charge >= 0.3 is 0 Å². The normalized spacial score (nSPS) is 15.0. The Hall–Kier alpha value is -1.89. The van der Waals surface area contributed by atoms with E-state index in [4.69, 9.17) is 16.0 Å². The van der Waals surface area contributed by atoms with Gasteiger partial charge in [0.05, 0.1) is 11.6 Å². The lowest BCUT2D eigenvalue weighted by Crippen LogP contribution is -2.53. The SMILES string of the molecule is CCNCCNC(=O)C1CN(Cc2nc(-c3ccc(Cl)cc3)oc2C)C1. The Morgan fingerprint density at radius 2 is 2.04 bits per heavy atom. The van der Waals surface area contributed by atoms with Crippen LogP contribution in [0.15, 0.2) is 28.7 Å². The topological polar surface area (TPSA) is 70.4 Å². The lowest BCUT2D eigenvalue weighted by Gasteiger charge is -2.37. The highest BCUT2D eigenvalue weighted by Gasteiger charge is 2.33. The lowest BCUT2D eigenvalue weighted by atomic mass is 9.99. The molecular weight excluding hydrogens is 352 g/mol. The van der Waals surface area contributed by atoms with Gasteiger partial charge in [0, 0.05) is 43.3 Å². The zero-order valence-electron chi connectivity index (χ0n) is 15.2. The van der Waals surface area contributed by atoms with E-state index in [2.05, 4.69) is 27.4 Å². The summed E-state index contributed by atoms with van der Waals surface area (Å²) in [6.07, 6.45) is 0. The summed E-state index contributed by atoms with van der Waals surface area (Å²) < 4.78 is 5.79. The molecule has 0 spiro atoms. The van der Waals surface area contributed by atoms with E-state index in [9.17, 15) is 4.79 Å². The summed E-state index contributed by atoms with van der Waals surface area (Å²) in [4.78, 5) is 18.9. The molecule has 1 saturated heterocycles. The van der Waals surface area contributed by atoms with Crippen LogP contribution in [0.1, 0.15) is 18.4 Å². The van der Waals surface area contributed by atoms with Crippen LogP contribution < -0.4 is 10.6 Å². The molecule has 7 heteroatoms. The quantitative estimate of drug-likeness (QED) is 0.692. The van der Waals surface area contributed by atoms with Gasteiger partial charge in [0.25, 0.3) is 0 Å². The number of hydrogen-bond acceptors (Lipinski definition) is 5. The first-order valence-electron chi connectivity index (χ1n) is 9.00. The highest BCUT2D eigenvalue weighted by Crippen LogP contribution is 2.26. The zero-order valence-corrected chi connectivity index (χ0v) is 16.0. The van der Waals surface area contributed by atoms with E-state index in [-0.39, 0.29) is 11.8 Å². The van der Waals surface area contributed by atoms with Gasteiger partial charge < -0.3 is 15.1 Å². The number of carbonyl (C=O) groups is 1. The van der Waals surface area contributed by atoms with Gasteiger partial charge in [-0.15, -0.1) is 0 Å². The molecule has 6 nitrogen and oxygen atoms in total. The number of benzene rings is 1. The molecule has 0 radical (unpaired) electrons. The average molecular weight is 377 g/mol. The molecule has 1 aliphatic rings. The lowest BCUT2D eigenvalue weighted by molar-refractivity contribution is -0.130. The maximum atomic E-state index is 12.1.